The van der Waals surface area contributed by atoms with Crippen molar-refractivity contribution in [2.75, 3.05) is 10.6 Å². The summed E-state index contributed by atoms with van der Waals surface area (Å²) in [5, 5.41) is 20.8. The van der Waals surface area contributed by atoms with Crippen LogP contribution < -0.4 is 10.6 Å². The third-order valence-electron chi connectivity index (χ3n) is 4.04. The predicted octanol–water partition coefficient (Wildman–Crippen LogP) is 3.56. The average molecular weight is 364 g/mol. The minimum Gasteiger partial charge on any atom is -0.324 e. The number of azo groups is 2. The van der Waals surface area contributed by atoms with Crippen LogP contribution in [0.15, 0.2) is 69.0 Å². The number of nitrogens with one attached hydrogen (secondary N) is 2. The average Bonchev–Trinajstić information content (AvgIpc) is 3.13. The van der Waals surface area contributed by atoms with Crippen LogP contribution >= 0.6 is 12.2 Å². The second-order valence-electron chi connectivity index (χ2n) is 5.67. The van der Waals surface area contributed by atoms with E-state index in [1.165, 1.54) is 0 Å². The Balaban J connectivity index is 1.48. The largest absolute Gasteiger partial charge is 0.324 e. The molecule has 2 aromatic carbocycles. The van der Waals surface area contributed by atoms with E-state index >= 15 is 0 Å². The van der Waals surface area contributed by atoms with Crippen LogP contribution in [0.5, 0.6) is 0 Å². The van der Waals surface area contributed by atoms with E-state index in [0.29, 0.717) is 11.4 Å². The number of carbonyl (C=O) groups excluding carboxylic acids is 2. The summed E-state index contributed by atoms with van der Waals surface area (Å²) < 4.78 is 0. The number of carbonyl (C=O) groups is 2. The Morgan fingerprint density at radius 1 is 0.769 bits per heavy atom. The number of nitrogens with zero attached hydrogens (tertiary/aromatic N) is 4. The Morgan fingerprint density at radius 2 is 1.19 bits per heavy atom. The van der Waals surface area contributed by atoms with Crippen molar-refractivity contribution < 1.29 is 9.59 Å². The summed E-state index contributed by atoms with van der Waals surface area (Å²) in [5.74, 6) is -0.558. The molecule has 2 N–H and O–H groups in total. The van der Waals surface area contributed by atoms with Crippen molar-refractivity contribution in [1.82, 2.24) is 0 Å². The Labute approximate surface area is 153 Å². The quantitative estimate of drug-likeness (QED) is 0.628. The zero-order valence-corrected chi connectivity index (χ0v) is 14.1. The zero-order valence-electron chi connectivity index (χ0n) is 13.3. The molecule has 0 spiro atoms. The highest BCUT2D eigenvalue weighted by Crippen LogP contribution is 2.34. The molecule has 0 bridgehead atoms. The van der Waals surface area contributed by atoms with Gasteiger partial charge in [-0.15, -0.1) is 10.2 Å². The van der Waals surface area contributed by atoms with E-state index in [1.54, 1.807) is 24.3 Å². The third-order valence-corrected chi connectivity index (χ3v) is 4.20. The molecule has 2 atom stereocenters. The SMILES string of the molecule is O=C1Nc2ccccc2C1N=NC(=S)N=NC1C(=O)Nc2ccccc21. The molecule has 128 valence electrons. The molecule has 0 aromatic heterocycles. The Kier molecular flexibility index (Phi) is 4.05. The summed E-state index contributed by atoms with van der Waals surface area (Å²) in [6.07, 6.45) is 0. The van der Waals surface area contributed by atoms with Crippen molar-refractivity contribution in [2.24, 2.45) is 20.5 Å². The van der Waals surface area contributed by atoms with Crippen LogP contribution in [0.4, 0.5) is 11.4 Å². The number of rotatable bonds is 2. The lowest BCUT2D eigenvalue weighted by Crippen LogP contribution is -2.10. The van der Waals surface area contributed by atoms with Crippen LogP contribution in [0, 0.1) is 0 Å². The van der Waals surface area contributed by atoms with Gasteiger partial charge >= 0.3 is 0 Å². The third kappa shape index (κ3) is 2.88. The highest BCUT2D eigenvalue weighted by atomic mass is 32.1. The summed E-state index contributed by atoms with van der Waals surface area (Å²) in [6.45, 7) is 0. The first-order valence-electron chi connectivity index (χ1n) is 7.79. The number of thiocarbonyl (C=S) groups is 1. The molecule has 2 aromatic rings. The van der Waals surface area contributed by atoms with E-state index in [2.05, 4.69) is 31.1 Å². The van der Waals surface area contributed by atoms with Crippen LogP contribution in [0.25, 0.3) is 0 Å². The van der Waals surface area contributed by atoms with E-state index in [1.807, 2.05) is 24.3 Å². The van der Waals surface area contributed by atoms with Gasteiger partial charge in [0.15, 0.2) is 12.1 Å². The highest BCUT2D eigenvalue weighted by Gasteiger charge is 2.31. The maximum atomic E-state index is 12.0. The van der Waals surface area contributed by atoms with Crippen LogP contribution in [-0.4, -0.2) is 16.9 Å². The Morgan fingerprint density at radius 3 is 1.65 bits per heavy atom. The lowest BCUT2D eigenvalue weighted by atomic mass is 10.1. The molecule has 2 unspecified atom stereocenters. The summed E-state index contributed by atoms with van der Waals surface area (Å²) in [5.41, 5.74) is 2.86. The van der Waals surface area contributed by atoms with Gasteiger partial charge in [0.05, 0.1) is 0 Å². The second-order valence-corrected chi connectivity index (χ2v) is 6.04. The van der Waals surface area contributed by atoms with Crippen molar-refractivity contribution in [2.45, 2.75) is 12.1 Å². The number of hydrogen-bond donors (Lipinski definition) is 2. The van der Waals surface area contributed by atoms with E-state index in [9.17, 15) is 9.59 Å². The molecule has 4 rings (SSSR count). The first kappa shape index (κ1) is 16.2. The minimum absolute atomic E-state index is 0.153. The highest BCUT2D eigenvalue weighted by molar-refractivity contribution is 7.80. The molecule has 0 fully saturated rings. The monoisotopic (exact) mass is 364 g/mol. The summed E-state index contributed by atoms with van der Waals surface area (Å²) in [6, 6.07) is 12.9. The molecule has 0 radical (unpaired) electrons. The van der Waals surface area contributed by atoms with Gasteiger partial charge in [0.1, 0.15) is 0 Å². The van der Waals surface area contributed by atoms with Gasteiger partial charge in [-0.05, 0) is 24.4 Å². The van der Waals surface area contributed by atoms with Gasteiger partial charge in [-0.25, -0.2) is 0 Å². The Bertz CT molecular complexity index is 909. The van der Waals surface area contributed by atoms with Crippen molar-refractivity contribution >= 4 is 40.5 Å². The topological polar surface area (TPSA) is 108 Å². The normalized spacial score (nSPS) is 20.9. The van der Waals surface area contributed by atoms with Crippen molar-refractivity contribution in [3.63, 3.8) is 0 Å². The number of para-hydroxylation sites is 2. The molecule has 2 heterocycles. The fourth-order valence-corrected chi connectivity index (χ4v) is 2.94. The standard InChI is InChI=1S/C17H12N6O2S/c24-15-13(9-5-1-3-7-11(9)18-15)20-22-17(26)23-21-14-10-6-2-4-8-12(10)19-16(14)25/h1-8,13-14H,(H,18,24)(H,19,25). The molecule has 2 aliphatic heterocycles. The predicted molar refractivity (Wildman–Crippen MR) is 97.9 cm³/mol. The molecule has 0 saturated heterocycles. The molecular weight excluding hydrogens is 352 g/mol. The van der Waals surface area contributed by atoms with Gasteiger partial charge < -0.3 is 10.6 Å². The molecule has 8 nitrogen and oxygen atoms in total. The summed E-state index contributed by atoms with van der Waals surface area (Å²) >= 11 is 5.01. The molecule has 0 aliphatic carbocycles. The van der Waals surface area contributed by atoms with Gasteiger partial charge in [0, 0.05) is 22.5 Å². The van der Waals surface area contributed by atoms with Crippen LogP contribution in [0.2, 0.25) is 0 Å². The molecule has 2 amide bonds. The summed E-state index contributed by atoms with van der Waals surface area (Å²) in [7, 11) is 0. The number of benzene rings is 2. The first-order valence-corrected chi connectivity index (χ1v) is 8.19. The van der Waals surface area contributed by atoms with Gasteiger partial charge in [-0.3, -0.25) is 9.59 Å². The Hall–Kier alpha value is -3.33. The lowest BCUT2D eigenvalue weighted by molar-refractivity contribution is -0.117. The van der Waals surface area contributed by atoms with Gasteiger partial charge in [0.25, 0.3) is 16.9 Å². The number of amides is 2. The van der Waals surface area contributed by atoms with Crippen LogP contribution in [0.1, 0.15) is 23.2 Å². The van der Waals surface area contributed by atoms with E-state index in [0.717, 1.165) is 11.1 Å². The van der Waals surface area contributed by atoms with E-state index < -0.39 is 12.1 Å². The summed E-state index contributed by atoms with van der Waals surface area (Å²) in [4.78, 5) is 24.0. The molecule has 26 heavy (non-hydrogen) atoms. The van der Waals surface area contributed by atoms with Crippen LogP contribution in [-0.2, 0) is 9.59 Å². The maximum Gasteiger partial charge on any atom is 0.258 e. The van der Waals surface area contributed by atoms with E-state index in [-0.39, 0.29) is 16.9 Å². The van der Waals surface area contributed by atoms with Crippen molar-refractivity contribution in [1.29, 1.82) is 0 Å². The smallest absolute Gasteiger partial charge is 0.258 e. The van der Waals surface area contributed by atoms with Gasteiger partial charge in [-0.1, -0.05) is 36.4 Å². The molecule has 9 heteroatoms. The molecule has 2 aliphatic rings. The first-order chi connectivity index (χ1) is 12.6. The fourth-order valence-electron chi connectivity index (χ4n) is 2.85. The molecule has 0 saturated carbocycles. The minimum atomic E-state index is -0.769. The van der Waals surface area contributed by atoms with Gasteiger partial charge in [-0.2, -0.15) is 10.2 Å². The zero-order chi connectivity index (χ0) is 18.1. The fraction of sp³-hybridized carbons (Fsp3) is 0.118. The van der Waals surface area contributed by atoms with E-state index in [4.69, 9.17) is 12.2 Å². The second kappa shape index (κ2) is 6.52. The van der Waals surface area contributed by atoms with Gasteiger partial charge in [0.2, 0.25) is 0 Å². The number of fused-ring (bicyclic) bond motifs is 2. The lowest BCUT2D eigenvalue weighted by Gasteiger charge is -2.01. The maximum absolute atomic E-state index is 12.0. The van der Waals surface area contributed by atoms with Crippen LogP contribution in [0.3, 0.4) is 0 Å². The molecular formula is C17H12N6O2S. The number of anilines is 2. The number of hydrogen-bond acceptors (Lipinski definition) is 5. The van der Waals surface area contributed by atoms with Crippen molar-refractivity contribution in [3.05, 3.63) is 59.7 Å². The van der Waals surface area contributed by atoms with Crippen molar-refractivity contribution in [3.8, 4) is 0 Å².